The topological polar surface area (TPSA) is 29.5 Å². The molecule has 2 atom stereocenters. The monoisotopic (exact) mass is 304 g/mol. The molecule has 0 bridgehead atoms. The van der Waals surface area contributed by atoms with Gasteiger partial charge in [0.1, 0.15) is 0 Å². The second kappa shape index (κ2) is 6.08. The van der Waals surface area contributed by atoms with Crippen LogP contribution < -0.4 is 4.74 Å². The lowest BCUT2D eigenvalue weighted by atomic mass is 9.91. The second-order valence-corrected chi connectivity index (χ2v) is 6.22. The molecule has 4 heteroatoms. The van der Waals surface area contributed by atoms with Gasteiger partial charge in [0.15, 0.2) is 11.6 Å². The van der Waals surface area contributed by atoms with E-state index >= 15 is 0 Å². The van der Waals surface area contributed by atoms with Gasteiger partial charge in [-0.05, 0) is 23.3 Å². The molecule has 1 N–H and O–H groups in total. The van der Waals surface area contributed by atoms with E-state index in [1.807, 2.05) is 18.2 Å². The lowest BCUT2D eigenvalue weighted by molar-refractivity contribution is 0.150. The van der Waals surface area contributed by atoms with E-state index in [0.29, 0.717) is 12.0 Å². The number of benzene rings is 2. The predicted molar refractivity (Wildman–Crippen MR) is 82.6 cm³/mol. The highest BCUT2D eigenvalue weighted by atomic mass is 32.2. The van der Waals surface area contributed by atoms with Crippen molar-refractivity contribution >= 4 is 11.8 Å². The lowest BCUT2D eigenvalue weighted by Gasteiger charge is -2.19. The van der Waals surface area contributed by atoms with Crippen LogP contribution in [0.25, 0.3) is 0 Å². The van der Waals surface area contributed by atoms with E-state index in [4.69, 9.17) is 4.74 Å². The van der Waals surface area contributed by atoms with E-state index in [1.54, 1.807) is 30.0 Å². The quantitative estimate of drug-likeness (QED) is 0.935. The Bertz CT molecular complexity index is 644. The first-order valence-electron chi connectivity index (χ1n) is 6.92. The number of hydrogen-bond donors (Lipinski definition) is 1. The first kappa shape index (κ1) is 14.4. The summed E-state index contributed by atoms with van der Waals surface area (Å²) in [6.45, 7) is 0. The van der Waals surface area contributed by atoms with Crippen LogP contribution in [0.1, 0.15) is 17.0 Å². The molecule has 21 heavy (non-hydrogen) atoms. The first-order chi connectivity index (χ1) is 10.2. The summed E-state index contributed by atoms with van der Waals surface area (Å²) in [5.74, 6) is 0.738. The molecule has 2 aromatic rings. The van der Waals surface area contributed by atoms with Crippen LogP contribution in [-0.2, 0) is 6.42 Å². The molecule has 1 heterocycles. The molecule has 0 aromatic heterocycles. The third-order valence-electron chi connectivity index (χ3n) is 3.89. The van der Waals surface area contributed by atoms with Gasteiger partial charge in [-0.1, -0.05) is 30.3 Å². The zero-order valence-electron chi connectivity index (χ0n) is 11.8. The Kier molecular flexibility index (Phi) is 4.17. The Balaban J connectivity index is 1.80. The Morgan fingerprint density at radius 2 is 2.10 bits per heavy atom. The van der Waals surface area contributed by atoms with Crippen LogP contribution in [-0.4, -0.2) is 24.1 Å². The standard InChI is InChI=1S/C17H17FO2S/c1-20-15-7-4-5-11(17(15)18)9-14(19)13-10-21-16-8-3-2-6-12(13)16/h2-8,13-14,19H,9-10H2,1H3. The average Bonchev–Trinajstić information content (AvgIpc) is 2.93. The zero-order chi connectivity index (χ0) is 14.8. The van der Waals surface area contributed by atoms with Crippen molar-refractivity contribution in [3.05, 3.63) is 59.4 Å². The minimum absolute atomic E-state index is 0.0526. The summed E-state index contributed by atoms with van der Waals surface area (Å²) < 4.78 is 19.2. The highest BCUT2D eigenvalue weighted by molar-refractivity contribution is 7.99. The van der Waals surface area contributed by atoms with Crippen LogP contribution >= 0.6 is 11.8 Å². The number of ether oxygens (including phenoxy) is 1. The van der Waals surface area contributed by atoms with Crippen LogP contribution in [0.5, 0.6) is 5.75 Å². The van der Waals surface area contributed by atoms with Crippen LogP contribution in [0.4, 0.5) is 4.39 Å². The minimum atomic E-state index is -0.595. The molecule has 1 aliphatic heterocycles. The zero-order valence-corrected chi connectivity index (χ0v) is 12.6. The van der Waals surface area contributed by atoms with Crippen LogP contribution in [0.3, 0.4) is 0 Å². The van der Waals surface area contributed by atoms with Gasteiger partial charge >= 0.3 is 0 Å². The fourth-order valence-electron chi connectivity index (χ4n) is 2.75. The van der Waals surface area contributed by atoms with E-state index in [9.17, 15) is 9.50 Å². The molecule has 0 aliphatic carbocycles. The van der Waals surface area contributed by atoms with Crippen molar-refractivity contribution < 1.29 is 14.2 Å². The van der Waals surface area contributed by atoms with Gasteiger partial charge in [-0.25, -0.2) is 4.39 Å². The Morgan fingerprint density at radius 3 is 2.90 bits per heavy atom. The maximum Gasteiger partial charge on any atom is 0.168 e. The summed E-state index contributed by atoms with van der Waals surface area (Å²) in [7, 11) is 1.45. The second-order valence-electron chi connectivity index (χ2n) is 5.16. The smallest absolute Gasteiger partial charge is 0.168 e. The number of hydrogen-bond acceptors (Lipinski definition) is 3. The van der Waals surface area contributed by atoms with E-state index in [2.05, 4.69) is 6.07 Å². The highest BCUT2D eigenvalue weighted by Crippen LogP contribution is 2.41. The van der Waals surface area contributed by atoms with Crippen LogP contribution in [0, 0.1) is 5.82 Å². The normalized spacial score (nSPS) is 18.3. The summed E-state index contributed by atoms with van der Waals surface area (Å²) in [4.78, 5) is 1.22. The third-order valence-corrected chi connectivity index (χ3v) is 5.10. The fourth-order valence-corrected chi connectivity index (χ4v) is 4.07. The predicted octanol–water partition coefficient (Wildman–Crippen LogP) is 3.63. The SMILES string of the molecule is COc1cccc(CC(O)C2CSc3ccccc32)c1F. The molecule has 0 spiro atoms. The van der Waals surface area contributed by atoms with Crippen molar-refractivity contribution in [3.8, 4) is 5.75 Å². The number of aliphatic hydroxyl groups excluding tert-OH is 1. The van der Waals surface area contributed by atoms with Gasteiger partial charge in [0.05, 0.1) is 13.2 Å². The van der Waals surface area contributed by atoms with Crippen molar-refractivity contribution in [2.75, 3.05) is 12.9 Å². The highest BCUT2D eigenvalue weighted by Gasteiger charge is 2.29. The summed E-state index contributed by atoms with van der Waals surface area (Å²) in [6.07, 6.45) is -0.300. The molecule has 0 radical (unpaired) electrons. The molecule has 2 aromatic carbocycles. The molecule has 2 nitrogen and oxygen atoms in total. The third kappa shape index (κ3) is 2.78. The van der Waals surface area contributed by atoms with Crippen molar-refractivity contribution in [1.82, 2.24) is 0 Å². The van der Waals surface area contributed by atoms with Crippen molar-refractivity contribution in [1.29, 1.82) is 0 Å². The average molecular weight is 304 g/mol. The molecule has 1 aliphatic rings. The number of aliphatic hydroxyl groups is 1. The molecular formula is C17H17FO2S. The summed E-state index contributed by atoms with van der Waals surface area (Å²) >= 11 is 1.75. The molecule has 0 saturated carbocycles. The summed E-state index contributed by atoms with van der Waals surface area (Å²) in [5.41, 5.74) is 1.66. The molecule has 0 saturated heterocycles. The van der Waals surface area contributed by atoms with Gasteiger partial charge in [0.25, 0.3) is 0 Å². The van der Waals surface area contributed by atoms with Crippen molar-refractivity contribution in [2.45, 2.75) is 23.3 Å². The largest absolute Gasteiger partial charge is 0.494 e. The molecular weight excluding hydrogens is 287 g/mol. The molecule has 0 fully saturated rings. The summed E-state index contributed by atoms with van der Waals surface area (Å²) in [6, 6.07) is 13.1. The lowest BCUT2D eigenvalue weighted by Crippen LogP contribution is -2.21. The number of fused-ring (bicyclic) bond motifs is 1. The number of rotatable bonds is 4. The minimum Gasteiger partial charge on any atom is -0.494 e. The molecule has 110 valence electrons. The molecule has 0 amide bonds. The van der Waals surface area contributed by atoms with E-state index in [-0.39, 0.29) is 17.5 Å². The van der Waals surface area contributed by atoms with Gasteiger partial charge < -0.3 is 9.84 Å². The van der Waals surface area contributed by atoms with Gasteiger partial charge in [-0.2, -0.15) is 0 Å². The van der Waals surface area contributed by atoms with Gasteiger partial charge in [-0.15, -0.1) is 11.8 Å². The van der Waals surface area contributed by atoms with Crippen molar-refractivity contribution in [3.63, 3.8) is 0 Å². The van der Waals surface area contributed by atoms with Gasteiger partial charge in [0.2, 0.25) is 0 Å². The van der Waals surface area contributed by atoms with Gasteiger partial charge in [0, 0.05) is 23.0 Å². The fraction of sp³-hybridized carbons (Fsp3) is 0.294. The molecule has 3 rings (SSSR count). The Hall–Kier alpha value is -1.52. The maximum absolute atomic E-state index is 14.2. The number of halogens is 1. The van der Waals surface area contributed by atoms with E-state index in [0.717, 1.165) is 5.75 Å². The number of methoxy groups -OCH3 is 1. The Morgan fingerprint density at radius 1 is 1.29 bits per heavy atom. The summed E-state index contributed by atoms with van der Waals surface area (Å²) in [5, 5.41) is 10.5. The number of thioether (sulfide) groups is 1. The van der Waals surface area contributed by atoms with Crippen molar-refractivity contribution in [2.24, 2.45) is 0 Å². The first-order valence-corrected chi connectivity index (χ1v) is 7.90. The van der Waals surface area contributed by atoms with E-state index in [1.165, 1.54) is 17.6 Å². The van der Waals surface area contributed by atoms with Gasteiger partial charge in [-0.3, -0.25) is 0 Å². The van der Waals surface area contributed by atoms with Crippen LogP contribution in [0.2, 0.25) is 0 Å². The Labute approximate surface area is 128 Å². The molecule has 2 unspecified atom stereocenters. The van der Waals surface area contributed by atoms with E-state index < -0.39 is 6.10 Å². The van der Waals surface area contributed by atoms with Crippen LogP contribution in [0.15, 0.2) is 47.4 Å². The maximum atomic E-state index is 14.2.